The van der Waals surface area contributed by atoms with Crippen molar-refractivity contribution >= 4 is 38.2 Å². The molecule has 5 aromatic rings. The highest BCUT2D eigenvalue weighted by Crippen LogP contribution is 2.32. The number of fused-ring (bicyclic) bond motifs is 8. The molecule has 4 heterocycles. The zero-order chi connectivity index (χ0) is 13.8. The minimum Gasteiger partial charge on any atom is -0.301 e. The third kappa shape index (κ3) is 1.32. The fraction of sp³-hybridized carbons (Fsp3) is 0. The minimum absolute atomic E-state index is 0.952. The summed E-state index contributed by atoms with van der Waals surface area (Å²) in [5.74, 6) is 0. The van der Waals surface area contributed by atoms with Crippen LogP contribution in [0.1, 0.15) is 0 Å². The van der Waals surface area contributed by atoms with Gasteiger partial charge in [-0.15, -0.1) is 0 Å². The van der Waals surface area contributed by atoms with Crippen LogP contribution in [0.25, 0.3) is 38.2 Å². The van der Waals surface area contributed by atoms with E-state index in [2.05, 4.69) is 52.0 Å². The number of hydrogen-bond donors (Lipinski definition) is 0. The molecule has 4 aromatic heterocycles. The number of aromatic nitrogens is 3. The van der Waals surface area contributed by atoms with Crippen LogP contribution in [0.4, 0.5) is 0 Å². The van der Waals surface area contributed by atoms with Crippen molar-refractivity contribution in [2.45, 2.75) is 0 Å². The molecule has 0 saturated heterocycles. The third-order valence-corrected chi connectivity index (χ3v) is 4.07. The van der Waals surface area contributed by atoms with Crippen molar-refractivity contribution in [3.63, 3.8) is 0 Å². The van der Waals surface area contributed by atoms with Gasteiger partial charge in [-0.3, -0.25) is 4.98 Å². The summed E-state index contributed by atoms with van der Waals surface area (Å²) in [7, 11) is 0. The summed E-state index contributed by atoms with van der Waals surface area (Å²) < 4.78 is 2.14. The number of hydrogen-bond acceptors (Lipinski definition) is 2. The van der Waals surface area contributed by atoms with Gasteiger partial charge in [0.25, 0.3) is 0 Å². The summed E-state index contributed by atoms with van der Waals surface area (Å²) >= 11 is 0. The summed E-state index contributed by atoms with van der Waals surface area (Å²) in [6, 6.07) is 16.6. The normalized spacial score (nSPS) is 11.8. The second-order valence-corrected chi connectivity index (χ2v) is 5.21. The first-order valence-corrected chi connectivity index (χ1v) is 6.95. The summed E-state index contributed by atoms with van der Waals surface area (Å²) in [5, 5.41) is 4.67. The van der Waals surface area contributed by atoms with Crippen molar-refractivity contribution in [3.8, 4) is 0 Å². The van der Waals surface area contributed by atoms with Crippen LogP contribution in [0.5, 0.6) is 0 Å². The van der Waals surface area contributed by atoms with Crippen LogP contribution in [-0.2, 0) is 0 Å². The van der Waals surface area contributed by atoms with Gasteiger partial charge < -0.3 is 4.40 Å². The first-order chi connectivity index (χ1) is 10.4. The Kier molecular flexibility index (Phi) is 1.95. The molecule has 0 unspecified atom stereocenters. The summed E-state index contributed by atoms with van der Waals surface area (Å²) in [5.41, 5.74) is 3.12. The zero-order valence-electron chi connectivity index (χ0n) is 11.2. The molecule has 0 N–H and O–H groups in total. The number of pyridine rings is 3. The summed E-state index contributed by atoms with van der Waals surface area (Å²) in [4.78, 5) is 9.25. The maximum absolute atomic E-state index is 4.71. The quantitative estimate of drug-likeness (QED) is 0.395. The van der Waals surface area contributed by atoms with E-state index in [-0.39, 0.29) is 0 Å². The van der Waals surface area contributed by atoms with Crippen LogP contribution < -0.4 is 0 Å². The van der Waals surface area contributed by atoms with Gasteiger partial charge in [0.2, 0.25) is 0 Å². The van der Waals surface area contributed by atoms with Crippen molar-refractivity contribution in [1.82, 2.24) is 14.4 Å². The molecule has 21 heavy (non-hydrogen) atoms. The Morgan fingerprint density at radius 3 is 2.71 bits per heavy atom. The Balaban J connectivity index is 2.24. The van der Waals surface area contributed by atoms with E-state index in [0.717, 1.165) is 27.5 Å². The van der Waals surface area contributed by atoms with Crippen molar-refractivity contribution in [3.05, 3.63) is 67.1 Å². The van der Waals surface area contributed by atoms with Gasteiger partial charge in [-0.1, -0.05) is 24.3 Å². The van der Waals surface area contributed by atoms with E-state index in [0.29, 0.717) is 0 Å². The molecule has 0 amide bonds. The lowest BCUT2D eigenvalue weighted by Crippen LogP contribution is -1.94. The standard InChI is InChI=1S/C18H11N3/c1-2-6-13-12(5-1)11-20-17-14-7-3-9-19-18(14)21-10-4-8-15(21)16(13)17/h1-11H. The van der Waals surface area contributed by atoms with E-state index in [1.807, 2.05) is 24.5 Å². The Morgan fingerprint density at radius 2 is 1.71 bits per heavy atom. The van der Waals surface area contributed by atoms with Gasteiger partial charge in [0.1, 0.15) is 5.65 Å². The van der Waals surface area contributed by atoms with Crippen LogP contribution in [0, 0.1) is 0 Å². The average Bonchev–Trinajstić information content (AvgIpc) is 3.04. The predicted molar refractivity (Wildman–Crippen MR) is 85.5 cm³/mol. The van der Waals surface area contributed by atoms with Crippen LogP contribution in [0.3, 0.4) is 0 Å². The molecular formula is C18H11N3. The fourth-order valence-electron chi connectivity index (χ4n) is 3.17. The molecule has 3 heteroatoms. The number of nitrogens with zero attached hydrogens (tertiary/aromatic N) is 3. The van der Waals surface area contributed by atoms with Gasteiger partial charge in [0, 0.05) is 34.7 Å². The smallest absolute Gasteiger partial charge is 0.146 e. The molecule has 1 aromatic carbocycles. The molecule has 98 valence electrons. The molecule has 0 aliphatic carbocycles. The number of rotatable bonds is 0. The van der Waals surface area contributed by atoms with E-state index >= 15 is 0 Å². The van der Waals surface area contributed by atoms with Crippen LogP contribution >= 0.6 is 0 Å². The molecule has 3 nitrogen and oxygen atoms in total. The van der Waals surface area contributed by atoms with E-state index in [1.165, 1.54) is 10.8 Å². The summed E-state index contributed by atoms with van der Waals surface area (Å²) in [6.45, 7) is 0. The van der Waals surface area contributed by atoms with Gasteiger partial charge in [-0.25, -0.2) is 4.98 Å². The lowest BCUT2D eigenvalue weighted by molar-refractivity contribution is 1.21. The monoisotopic (exact) mass is 269 g/mol. The molecule has 0 aliphatic heterocycles. The van der Waals surface area contributed by atoms with E-state index in [4.69, 9.17) is 4.98 Å². The first kappa shape index (κ1) is 10.8. The molecule has 0 bridgehead atoms. The predicted octanol–water partition coefficient (Wildman–Crippen LogP) is 4.19. The van der Waals surface area contributed by atoms with Gasteiger partial charge in [0.05, 0.1) is 11.0 Å². The molecule has 0 atom stereocenters. The van der Waals surface area contributed by atoms with Crippen molar-refractivity contribution in [1.29, 1.82) is 0 Å². The van der Waals surface area contributed by atoms with E-state index < -0.39 is 0 Å². The van der Waals surface area contributed by atoms with Gasteiger partial charge in [0.15, 0.2) is 0 Å². The Labute approximate surface area is 120 Å². The highest BCUT2D eigenvalue weighted by atomic mass is 15.0. The van der Waals surface area contributed by atoms with Gasteiger partial charge in [-0.05, 0) is 29.7 Å². The number of benzene rings is 1. The Hall–Kier alpha value is -2.94. The Bertz CT molecular complexity index is 1130. The molecule has 0 saturated carbocycles. The minimum atomic E-state index is 0.952. The molecular weight excluding hydrogens is 258 g/mol. The largest absolute Gasteiger partial charge is 0.301 e. The molecule has 5 rings (SSSR count). The van der Waals surface area contributed by atoms with Gasteiger partial charge in [-0.2, -0.15) is 0 Å². The molecule has 0 spiro atoms. The highest BCUT2D eigenvalue weighted by molar-refractivity contribution is 6.20. The molecule has 0 aliphatic rings. The van der Waals surface area contributed by atoms with Crippen molar-refractivity contribution in [2.75, 3.05) is 0 Å². The molecule has 0 fully saturated rings. The van der Waals surface area contributed by atoms with Crippen LogP contribution in [0.15, 0.2) is 67.1 Å². The topological polar surface area (TPSA) is 30.2 Å². The first-order valence-electron chi connectivity index (χ1n) is 6.95. The van der Waals surface area contributed by atoms with Crippen molar-refractivity contribution in [2.24, 2.45) is 0 Å². The van der Waals surface area contributed by atoms with Gasteiger partial charge >= 0.3 is 0 Å². The Morgan fingerprint density at radius 1 is 0.810 bits per heavy atom. The van der Waals surface area contributed by atoms with Crippen LogP contribution in [0.2, 0.25) is 0 Å². The second-order valence-electron chi connectivity index (χ2n) is 5.21. The van der Waals surface area contributed by atoms with E-state index in [1.54, 1.807) is 0 Å². The van der Waals surface area contributed by atoms with Crippen molar-refractivity contribution < 1.29 is 0 Å². The maximum atomic E-state index is 4.71. The molecule has 0 radical (unpaired) electrons. The maximum Gasteiger partial charge on any atom is 0.146 e. The second kappa shape index (κ2) is 3.79. The summed E-state index contributed by atoms with van der Waals surface area (Å²) in [6.07, 6.45) is 5.84. The highest BCUT2D eigenvalue weighted by Gasteiger charge is 2.12. The fourth-order valence-corrected chi connectivity index (χ4v) is 3.17. The SMILES string of the molecule is c1ccc2c(c1)cnc1c3cccnc3n3cccc3c21. The lowest BCUT2D eigenvalue weighted by atomic mass is 10.0. The lowest BCUT2D eigenvalue weighted by Gasteiger charge is -2.09. The average molecular weight is 269 g/mol. The third-order valence-electron chi connectivity index (χ3n) is 4.07. The van der Waals surface area contributed by atoms with Crippen LogP contribution in [-0.4, -0.2) is 14.4 Å². The van der Waals surface area contributed by atoms with E-state index in [9.17, 15) is 0 Å². The zero-order valence-corrected chi connectivity index (χ0v) is 11.2.